The van der Waals surface area contributed by atoms with Crippen LogP contribution in [0.15, 0.2) is 48.5 Å². The highest BCUT2D eigenvalue weighted by Crippen LogP contribution is 2.44. The molecule has 1 saturated heterocycles. The lowest BCUT2D eigenvalue weighted by Gasteiger charge is -2.45. The molecule has 1 aliphatic rings. The quantitative estimate of drug-likeness (QED) is 0.638. The van der Waals surface area contributed by atoms with E-state index < -0.39 is 35.7 Å². The summed E-state index contributed by atoms with van der Waals surface area (Å²) in [5.74, 6) is -3.13. The lowest BCUT2D eigenvalue weighted by molar-refractivity contribution is -0.287. The third-order valence-corrected chi connectivity index (χ3v) is 4.95. The number of alkyl halides is 3. The smallest absolute Gasteiger partial charge is 0.363 e. The Kier molecular flexibility index (Phi) is 5.31. The number of ketones is 1. The molecule has 3 atom stereocenters. The summed E-state index contributed by atoms with van der Waals surface area (Å²) in [4.78, 5) is 24.9. The van der Waals surface area contributed by atoms with Crippen LogP contribution in [0.2, 0.25) is 10.0 Å². The Bertz CT molecular complexity index is 904. The van der Waals surface area contributed by atoms with Gasteiger partial charge in [-0.2, -0.15) is 13.2 Å². The zero-order valence-corrected chi connectivity index (χ0v) is 15.4. The minimum absolute atomic E-state index is 0.103. The van der Waals surface area contributed by atoms with Crippen molar-refractivity contribution < 1.29 is 27.9 Å². The molecule has 3 rings (SSSR count). The maximum Gasteiger partial charge on any atom is 0.437 e. The SMILES string of the molecule is O=C1N[C@H](c2ccc(Cl)cc2)[C@H](C(=O)c2ccc(Cl)cc2)[C@@](O)(C(F)(F)F)N1. The lowest BCUT2D eigenvalue weighted by Crippen LogP contribution is -2.72. The number of amides is 2. The standard InChI is InChI=1S/C18H13Cl2F3N2O3/c19-11-5-1-9(2-6-11)14-13(15(26)10-3-7-12(20)8-4-10)17(28,18(21,22)23)25-16(27)24-14/h1-8,13-14,28H,(H2,24,25,27)/t13-,14-,17-/m1/s1. The average Bonchev–Trinajstić information content (AvgIpc) is 2.61. The molecule has 1 fully saturated rings. The van der Waals surface area contributed by atoms with Gasteiger partial charge in [0.05, 0.1) is 6.04 Å². The molecular formula is C18H13Cl2F3N2O3. The summed E-state index contributed by atoms with van der Waals surface area (Å²) in [6.07, 6.45) is -5.32. The van der Waals surface area contributed by atoms with Gasteiger partial charge in [0, 0.05) is 15.6 Å². The summed E-state index contributed by atoms with van der Waals surface area (Å²) in [5, 5.41) is 14.8. The minimum Gasteiger partial charge on any atom is -0.363 e. The molecule has 28 heavy (non-hydrogen) atoms. The maximum atomic E-state index is 13.8. The normalized spacial score (nSPS) is 25.0. The molecule has 2 amide bonds. The summed E-state index contributed by atoms with van der Waals surface area (Å²) in [6, 6.07) is 8.01. The number of rotatable bonds is 3. The number of halogens is 5. The van der Waals surface area contributed by atoms with E-state index in [1.165, 1.54) is 53.8 Å². The van der Waals surface area contributed by atoms with Crippen molar-refractivity contribution in [3.05, 3.63) is 69.7 Å². The summed E-state index contributed by atoms with van der Waals surface area (Å²) < 4.78 is 41.3. The Morgan fingerprint density at radius 2 is 1.50 bits per heavy atom. The molecule has 0 aliphatic carbocycles. The van der Waals surface area contributed by atoms with Crippen molar-refractivity contribution in [1.82, 2.24) is 10.6 Å². The molecule has 0 unspecified atom stereocenters. The molecule has 10 heteroatoms. The van der Waals surface area contributed by atoms with Crippen LogP contribution in [0.1, 0.15) is 22.0 Å². The van der Waals surface area contributed by atoms with E-state index in [2.05, 4.69) is 5.32 Å². The number of urea groups is 1. The topological polar surface area (TPSA) is 78.4 Å². The first kappa shape index (κ1) is 20.4. The van der Waals surface area contributed by atoms with E-state index in [0.29, 0.717) is 5.02 Å². The zero-order valence-electron chi connectivity index (χ0n) is 13.9. The van der Waals surface area contributed by atoms with Gasteiger partial charge in [0.25, 0.3) is 0 Å². The Morgan fingerprint density at radius 1 is 1.00 bits per heavy atom. The third kappa shape index (κ3) is 3.67. The van der Waals surface area contributed by atoms with Crippen LogP contribution in [0, 0.1) is 5.92 Å². The van der Waals surface area contributed by atoms with Gasteiger partial charge in [0.2, 0.25) is 5.72 Å². The van der Waals surface area contributed by atoms with E-state index in [1.54, 1.807) is 0 Å². The summed E-state index contributed by atoms with van der Waals surface area (Å²) in [5.41, 5.74) is -3.71. The van der Waals surface area contributed by atoms with Crippen molar-refractivity contribution in [1.29, 1.82) is 0 Å². The average molecular weight is 433 g/mol. The highest BCUT2D eigenvalue weighted by molar-refractivity contribution is 6.30. The molecule has 0 radical (unpaired) electrons. The van der Waals surface area contributed by atoms with Gasteiger partial charge in [-0.15, -0.1) is 0 Å². The monoisotopic (exact) mass is 432 g/mol. The first-order valence-corrected chi connectivity index (χ1v) is 8.71. The maximum absolute atomic E-state index is 13.8. The van der Waals surface area contributed by atoms with Crippen LogP contribution in [-0.2, 0) is 0 Å². The van der Waals surface area contributed by atoms with Crippen molar-refractivity contribution in [2.75, 3.05) is 0 Å². The molecule has 2 aromatic carbocycles. The third-order valence-electron chi connectivity index (χ3n) is 4.45. The van der Waals surface area contributed by atoms with E-state index in [1.807, 2.05) is 0 Å². The van der Waals surface area contributed by atoms with Crippen molar-refractivity contribution in [2.45, 2.75) is 17.9 Å². The van der Waals surface area contributed by atoms with Crippen LogP contribution in [0.3, 0.4) is 0 Å². The molecule has 2 aromatic rings. The fourth-order valence-electron chi connectivity index (χ4n) is 3.08. The van der Waals surface area contributed by atoms with Crippen LogP contribution in [0.25, 0.3) is 0 Å². The highest BCUT2D eigenvalue weighted by atomic mass is 35.5. The van der Waals surface area contributed by atoms with E-state index in [4.69, 9.17) is 23.2 Å². The van der Waals surface area contributed by atoms with Crippen molar-refractivity contribution in [3.63, 3.8) is 0 Å². The van der Waals surface area contributed by atoms with Crippen LogP contribution in [0.4, 0.5) is 18.0 Å². The number of hydrogen-bond acceptors (Lipinski definition) is 3. The largest absolute Gasteiger partial charge is 0.437 e. The van der Waals surface area contributed by atoms with Crippen LogP contribution < -0.4 is 10.6 Å². The van der Waals surface area contributed by atoms with Crippen LogP contribution in [-0.4, -0.2) is 28.8 Å². The zero-order chi connectivity index (χ0) is 20.7. The molecule has 0 saturated carbocycles. The van der Waals surface area contributed by atoms with Gasteiger partial charge >= 0.3 is 12.2 Å². The van der Waals surface area contributed by atoms with Gasteiger partial charge in [0.15, 0.2) is 5.78 Å². The summed E-state index contributed by atoms with van der Waals surface area (Å²) in [6.45, 7) is 0. The van der Waals surface area contributed by atoms with Gasteiger partial charge in [-0.25, -0.2) is 4.79 Å². The Morgan fingerprint density at radius 3 is 2.00 bits per heavy atom. The summed E-state index contributed by atoms with van der Waals surface area (Å²) >= 11 is 11.6. The molecule has 0 bridgehead atoms. The molecular weight excluding hydrogens is 420 g/mol. The first-order valence-electron chi connectivity index (χ1n) is 7.96. The van der Waals surface area contributed by atoms with E-state index >= 15 is 0 Å². The molecule has 5 nitrogen and oxygen atoms in total. The van der Waals surface area contributed by atoms with Crippen LogP contribution in [0.5, 0.6) is 0 Å². The lowest BCUT2D eigenvalue weighted by atomic mass is 9.77. The summed E-state index contributed by atoms with van der Waals surface area (Å²) in [7, 11) is 0. The number of carbonyl (C=O) groups excluding carboxylic acids is 2. The van der Waals surface area contributed by atoms with Gasteiger partial charge in [-0.1, -0.05) is 35.3 Å². The molecule has 3 N–H and O–H groups in total. The molecule has 1 aliphatic heterocycles. The number of benzene rings is 2. The van der Waals surface area contributed by atoms with Crippen molar-refractivity contribution in [3.8, 4) is 0 Å². The van der Waals surface area contributed by atoms with Gasteiger partial charge < -0.3 is 15.7 Å². The van der Waals surface area contributed by atoms with Crippen LogP contribution >= 0.6 is 23.2 Å². The fraction of sp³-hybridized carbons (Fsp3) is 0.222. The van der Waals surface area contributed by atoms with Gasteiger partial charge in [-0.05, 0) is 42.0 Å². The van der Waals surface area contributed by atoms with E-state index in [0.717, 1.165) is 0 Å². The molecule has 148 valence electrons. The molecule has 1 heterocycles. The predicted octanol–water partition coefficient (Wildman–Crippen LogP) is 4.10. The first-order chi connectivity index (χ1) is 13.0. The fourth-order valence-corrected chi connectivity index (χ4v) is 3.33. The second-order valence-corrected chi connectivity index (χ2v) is 7.11. The Balaban J connectivity index is 2.15. The van der Waals surface area contributed by atoms with Crippen molar-refractivity contribution in [2.24, 2.45) is 5.92 Å². The minimum atomic E-state index is -5.32. The molecule has 0 spiro atoms. The second-order valence-electron chi connectivity index (χ2n) is 6.24. The number of Topliss-reactive ketones (excluding diaryl/α,β-unsaturated/α-hetero) is 1. The Hall–Kier alpha value is -2.29. The van der Waals surface area contributed by atoms with Gasteiger partial charge in [-0.3, -0.25) is 4.79 Å². The predicted molar refractivity (Wildman–Crippen MR) is 96.1 cm³/mol. The number of hydrogen-bond donors (Lipinski definition) is 3. The highest BCUT2D eigenvalue weighted by Gasteiger charge is 2.66. The van der Waals surface area contributed by atoms with E-state index in [9.17, 15) is 27.9 Å². The number of carbonyl (C=O) groups is 2. The number of nitrogens with one attached hydrogen (secondary N) is 2. The van der Waals surface area contributed by atoms with Crippen molar-refractivity contribution >= 4 is 35.0 Å². The van der Waals surface area contributed by atoms with E-state index in [-0.39, 0.29) is 16.1 Å². The second kappa shape index (κ2) is 7.27. The van der Waals surface area contributed by atoms with Gasteiger partial charge in [0.1, 0.15) is 5.92 Å². The Labute approximate surface area is 167 Å². The molecule has 0 aromatic heterocycles. The number of aliphatic hydroxyl groups is 1.